The number of piperazine rings is 1. The van der Waals surface area contributed by atoms with Crippen LogP contribution in [0, 0.1) is 6.92 Å². The Kier molecular flexibility index (Phi) is 6.58. The third kappa shape index (κ3) is 4.14. The highest BCUT2D eigenvalue weighted by Crippen LogP contribution is 2.30. The Balaban J connectivity index is 0.00000261. The highest BCUT2D eigenvalue weighted by atomic mass is 35.5. The lowest BCUT2D eigenvalue weighted by atomic mass is 10.2. The SMILES string of the molecule is CCN1CCN(S(=O)(=O)c2ccc(N3C(=O)CCS3(=O)=O)cc2C)CC1.Cl. The first-order valence-electron chi connectivity index (χ1n) is 8.56. The Hall–Kier alpha value is -1.20. The van der Waals surface area contributed by atoms with Crippen LogP contribution < -0.4 is 4.31 Å². The van der Waals surface area contributed by atoms with Crippen molar-refractivity contribution in [2.24, 2.45) is 0 Å². The average Bonchev–Trinajstić information content (AvgIpc) is 2.87. The number of carbonyl (C=O) groups is 1. The standard InChI is InChI=1S/C16H23N3O5S2.ClH/c1-3-17-7-9-18(10-8-17)26(23,24)15-5-4-14(12-13(15)2)19-16(20)6-11-25(19,21)22;/h4-5,12H,3,6-11H2,1-2H3;1H. The lowest BCUT2D eigenvalue weighted by Gasteiger charge is -2.33. The van der Waals surface area contributed by atoms with Gasteiger partial charge in [0.15, 0.2) is 0 Å². The number of hydrogen-bond donors (Lipinski definition) is 0. The fourth-order valence-electron chi connectivity index (χ4n) is 3.34. The minimum Gasteiger partial charge on any atom is -0.301 e. The van der Waals surface area contributed by atoms with Gasteiger partial charge in [-0.15, -0.1) is 12.4 Å². The van der Waals surface area contributed by atoms with Crippen LogP contribution in [-0.4, -0.2) is 70.4 Å². The second kappa shape index (κ2) is 8.04. The molecular weight excluding hydrogens is 414 g/mol. The van der Waals surface area contributed by atoms with Crippen LogP contribution in [0.3, 0.4) is 0 Å². The van der Waals surface area contributed by atoms with Crippen LogP contribution in [0.25, 0.3) is 0 Å². The summed E-state index contributed by atoms with van der Waals surface area (Å²) in [5.41, 5.74) is 0.620. The third-order valence-corrected chi connectivity index (χ3v) is 8.62. The molecule has 0 aliphatic carbocycles. The molecule has 0 atom stereocenters. The Bertz CT molecular complexity index is 925. The summed E-state index contributed by atoms with van der Waals surface area (Å²) in [7, 11) is -7.32. The van der Waals surface area contributed by atoms with Crippen LogP contribution in [0.15, 0.2) is 23.1 Å². The normalized spacial score (nSPS) is 21.3. The minimum absolute atomic E-state index is 0. The molecule has 0 unspecified atom stereocenters. The zero-order chi connectivity index (χ0) is 19.1. The molecule has 0 bridgehead atoms. The van der Waals surface area contributed by atoms with E-state index >= 15 is 0 Å². The first-order valence-corrected chi connectivity index (χ1v) is 11.6. The van der Waals surface area contributed by atoms with Gasteiger partial charge < -0.3 is 4.90 Å². The molecule has 11 heteroatoms. The van der Waals surface area contributed by atoms with E-state index in [-0.39, 0.29) is 35.2 Å². The van der Waals surface area contributed by atoms with Crippen molar-refractivity contribution in [1.82, 2.24) is 9.21 Å². The van der Waals surface area contributed by atoms with Crippen LogP contribution in [0.1, 0.15) is 18.9 Å². The molecule has 8 nitrogen and oxygen atoms in total. The highest BCUT2D eigenvalue weighted by molar-refractivity contribution is 7.94. The summed E-state index contributed by atoms with van der Waals surface area (Å²) in [6.45, 7) is 6.78. The summed E-state index contributed by atoms with van der Waals surface area (Å²) in [6, 6.07) is 4.24. The molecule has 0 radical (unpaired) electrons. The summed E-state index contributed by atoms with van der Waals surface area (Å²) in [6.07, 6.45) is -0.0524. The van der Waals surface area contributed by atoms with Crippen molar-refractivity contribution in [3.05, 3.63) is 23.8 Å². The van der Waals surface area contributed by atoms with Gasteiger partial charge in [-0.3, -0.25) is 4.79 Å². The number of likely N-dealkylation sites (N-methyl/N-ethyl adjacent to an activating group) is 1. The number of nitrogens with zero attached hydrogens (tertiary/aromatic N) is 3. The van der Waals surface area contributed by atoms with E-state index in [2.05, 4.69) is 4.90 Å². The second-order valence-electron chi connectivity index (χ2n) is 6.51. The molecule has 2 fully saturated rings. The van der Waals surface area contributed by atoms with Crippen molar-refractivity contribution < 1.29 is 21.6 Å². The van der Waals surface area contributed by atoms with Crippen LogP contribution in [-0.2, 0) is 24.8 Å². The van der Waals surface area contributed by atoms with Crippen molar-refractivity contribution in [2.75, 3.05) is 42.8 Å². The number of amides is 1. The second-order valence-corrected chi connectivity index (χ2v) is 10.4. The molecule has 2 aliphatic heterocycles. The van der Waals surface area contributed by atoms with Gasteiger partial charge in [0.1, 0.15) is 0 Å². The molecule has 0 aromatic heterocycles. The summed E-state index contributed by atoms with van der Waals surface area (Å²) >= 11 is 0. The van der Waals surface area contributed by atoms with E-state index in [1.165, 1.54) is 22.5 Å². The van der Waals surface area contributed by atoms with Crippen molar-refractivity contribution in [3.63, 3.8) is 0 Å². The number of carbonyl (C=O) groups excluding carboxylic acids is 1. The van der Waals surface area contributed by atoms with Gasteiger partial charge in [-0.2, -0.15) is 4.31 Å². The van der Waals surface area contributed by atoms with Crippen molar-refractivity contribution in [2.45, 2.75) is 25.2 Å². The highest BCUT2D eigenvalue weighted by Gasteiger charge is 2.37. The zero-order valence-corrected chi connectivity index (χ0v) is 17.7. The number of hydrogen-bond acceptors (Lipinski definition) is 6. The van der Waals surface area contributed by atoms with Crippen LogP contribution >= 0.6 is 12.4 Å². The number of rotatable bonds is 4. The Morgan fingerprint density at radius 2 is 1.74 bits per heavy atom. The molecule has 27 heavy (non-hydrogen) atoms. The monoisotopic (exact) mass is 437 g/mol. The van der Waals surface area contributed by atoms with Gasteiger partial charge in [-0.05, 0) is 37.2 Å². The zero-order valence-electron chi connectivity index (χ0n) is 15.3. The van der Waals surface area contributed by atoms with Gasteiger partial charge in [-0.25, -0.2) is 21.1 Å². The van der Waals surface area contributed by atoms with E-state index in [9.17, 15) is 21.6 Å². The van der Waals surface area contributed by atoms with Gasteiger partial charge in [0.05, 0.1) is 16.3 Å². The van der Waals surface area contributed by atoms with Crippen molar-refractivity contribution in [3.8, 4) is 0 Å². The largest absolute Gasteiger partial charge is 0.301 e. The van der Waals surface area contributed by atoms with Crippen LogP contribution in [0.5, 0.6) is 0 Å². The van der Waals surface area contributed by atoms with Crippen LogP contribution in [0.2, 0.25) is 0 Å². The maximum Gasteiger partial charge on any atom is 0.243 e. The van der Waals surface area contributed by atoms with Crippen molar-refractivity contribution >= 4 is 44.0 Å². The molecule has 2 heterocycles. The summed E-state index contributed by atoms with van der Waals surface area (Å²) in [4.78, 5) is 14.2. The lowest BCUT2D eigenvalue weighted by molar-refractivity contribution is -0.116. The minimum atomic E-state index is -3.67. The molecule has 2 aliphatic rings. The molecule has 3 rings (SSSR count). The average molecular weight is 438 g/mol. The van der Waals surface area contributed by atoms with E-state index in [0.29, 0.717) is 31.7 Å². The first-order chi connectivity index (χ1) is 12.2. The molecule has 0 spiro atoms. The van der Waals surface area contributed by atoms with E-state index in [1.54, 1.807) is 6.92 Å². The molecule has 152 valence electrons. The lowest BCUT2D eigenvalue weighted by Crippen LogP contribution is -2.48. The first kappa shape index (κ1) is 22.1. The molecular formula is C16H24ClN3O5S2. The van der Waals surface area contributed by atoms with Crippen molar-refractivity contribution in [1.29, 1.82) is 0 Å². The van der Waals surface area contributed by atoms with Gasteiger partial charge in [0.2, 0.25) is 26.0 Å². The van der Waals surface area contributed by atoms with Gasteiger partial charge in [0, 0.05) is 32.6 Å². The Morgan fingerprint density at radius 1 is 1.11 bits per heavy atom. The van der Waals surface area contributed by atoms with Crippen LogP contribution in [0.4, 0.5) is 5.69 Å². The number of aryl methyl sites for hydroxylation is 1. The number of halogens is 1. The van der Waals surface area contributed by atoms with E-state index in [1.807, 2.05) is 6.92 Å². The fraction of sp³-hybridized carbons (Fsp3) is 0.562. The Morgan fingerprint density at radius 3 is 2.22 bits per heavy atom. The quantitative estimate of drug-likeness (QED) is 0.691. The smallest absolute Gasteiger partial charge is 0.243 e. The molecule has 1 aromatic rings. The maximum atomic E-state index is 12.9. The van der Waals surface area contributed by atoms with E-state index in [0.717, 1.165) is 10.8 Å². The summed E-state index contributed by atoms with van der Waals surface area (Å²) in [5, 5.41) is 0. The summed E-state index contributed by atoms with van der Waals surface area (Å²) in [5.74, 6) is -0.706. The molecule has 1 aromatic carbocycles. The maximum absolute atomic E-state index is 12.9. The third-order valence-electron chi connectivity index (χ3n) is 4.87. The molecule has 1 amide bonds. The van der Waals surface area contributed by atoms with E-state index in [4.69, 9.17) is 0 Å². The molecule has 0 N–H and O–H groups in total. The number of benzene rings is 1. The number of sulfonamides is 2. The molecule has 2 saturated heterocycles. The fourth-order valence-corrected chi connectivity index (χ4v) is 6.42. The number of anilines is 1. The summed E-state index contributed by atoms with van der Waals surface area (Å²) < 4.78 is 52.2. The predicted octanol–water partition coefficient (Wildman–Crippen LogP) is 0.810. The van der Waals surface area contributed by atoms with Gasteiger partial charge in [0.25, 0.3) is 0 Å². The predicted molar refractivity (Wildman–Crippen MR) is 105 cm³/mol. The van der Waals surface area contributed by atoms with Gasteiger partial charge in [-0.1, -0.05) is 6.92 Å². The Labute approximate surface area is 166 Å². The molecule has 0 saturated carbocycles. The van der Waals surface area contributed by atoms with Gasteiger partial charge >= 0.3 is 0 Å². The van der Waals surface area contributed by atoms with E-state index < -0.39 is 26.0 Å². The topological polar surface area (TPSA) is 95.1 Å².